The Labute approximate surface area is 237 Å². The lowest BCUT2D eigenvalue weighted by Crippen LogP contribution is -2.34. The highest BCUT2D eigenvalue weighted by atomic mass is 32.2. The zero-order valence-corrected chi connectivity index (χ0v) is 23.9. The molecule has 4 aromatic rings. The van der Waals surface area contributed by atoms with Crippen LogP contribution in [-0.4, -0.2) is 63.9 Å². The maximum Gasteiger partial charge on any atom is 0.307 e. The molecule has 0 atom stereocenters. The largest absolute Gasteiger partial charge is 0.493 e. The van der Waals surface area contributed by atoms with E-state index in [9.17, 15) is 18.0 Å². The van der Waals surface area contributed by atoms with E-state index in [-0.39, 0.29) is 29.3 Å². The van der Waals surface area contributed by atoms with Crippen LogP contribution >= 0.6 is 0 Å². The highest BCUT2D eigenvalue weighted by molar-refractivity contribution is 7.87. The minimum absolute atomic E-state index is 0.0555. The molecule has 0 spiro atoms. The van der Waals surface area contributed by atoms with Gasteiger partial charge in [-0.05, 0) is 36.4 Å². The maximum atomic E-state index is 13.4. The van der Waals surface area contributed by atoms with Gasteiger partial charge in [0.05, 0.1) is 39.7 Å². The normalized spacial score (nSPS) is 11.9. The van der Waals surface area contributed by atoms with E-state index in [1.807, 2.05) is 0 Å². The molecule has 2 heterocycles. The van der Waals surface area contributed by atoms with E-state index in [4.69, 9.17) is 18.6 Å². The molecule has 0 aliphatic carbocycles. The molecule has 2 amide bonds. The van der Waals surface area contributed by atoms with E-state index in [0.29, 0.717) is 28.0 Å². The van der Waals surface area contributed by atoms with E-state index < -0.39 is 22.0 Å². The lowest BCUT2D eigenvalue weighted by atomic mass is 10.1. The number of hydrogen-bond acceptors (Lipinski definition) is 8. The van der Waals surface area contributed by atoms with Crippen molar-refractivity contribution < 1.29 is 36.6 Å². The lowest BCUT2D eigenvalue weighted by molar-refractivity contribution is -0.118. The van der Waals surface area contributed by atoms with Crippen molar-refractivity contribution >= 4 is 39.0 Å². The Hall–Kier alpha value is -4.75. The zero-order valence-electron chi connectivity index (χ0n) is 23.1. The van der Waals surface area contributed by atoms with Crippen LogP contribution in [0.3, 0.4) is 0 Å². The molecule has 0 unspecified atom stereocenters. The summed E-state index contributed by atoms with van der Waals surface area (Å²) < 4.78 is 49.6. The molecule has 2 aromatic carbocycles. The second kappa shape index (κ2) is 12.2. The fraction of sp³-hybridized carbons (Fsp3) is 0.214. The summed E-state index contributed by atoms with van der Waals surface area (Å²) in [4.78, 5) is 26.8. The summed E-state index contributed by atoms with van der Waals surface area (Å²) in [5.74, 6) is 0.0297. The molecule has 0 fully saturated rings. The minimum atomic E-state index is -3.89. The van der Waals surface area contributed by atoms with Crippen LogP contribution in [-0.2, 0) is 21.5 Å². The predicted octanol–water partition coefficient (Wildman–Crippen LogP) is 3.00. The van der Waals surface area contributed by atoms with Crippen molar-refractivity contribution in [1.82, 2.24) is 18.9 Å². The lowest BCUT2D eigenvalue weighted by Gasteiger charge is -2.15. The van der Waals surface area contributed by atoms with Gasteiger partial charge >= 0.3 is 10.2 Å². The third-order valence-electron chi connectivity index (χ3n) is 6.14. The molecule has 0 saturated heterocycles. The van der Waals surface area contributed by atoms with Crippen molar-refractivity contribution in [3.8, 4) is 17.2 Å². The average molecular weight is 583 g/mol. The Morgan fingerprint density at radius 2 is 1.68 bits per heavy atom. The van der Waals surface area contributed by atoms with Crippen LogP contribution in [0.5, 0.6) is 17.2 Å². The van der Waals surface area contributed by atoms with Gasteiger partial charge < -0.3 is 29.3 Å². The van der Waals surface area contributed by atoms with Crippen molar-refractivity contribution in [3.05, 3.63) is 83.6 Å². The number of furan rings is 1. The van der Waals surface area contributed by atoms with Gasteiger partial charge in [0.15, 0.2) is 11.5 Å². The molecule has 216 valence electrons. The Balaban J connectivity index is 1.79. The van der Waals surface area contributed by atoms with Gasteiger partial charge in [0, 0.05) is 36.8 Å². The first-order chi connectivity index (χ1) is 19.6. The van der Waals surface area contributed by atoms with Gasteiger partial charge in [0.1, 0.15) is 11.5 Å². The highest BCUT2D eigenvalue weighted by Gasteiger charge is 2.23. The topological polar surface area (TPSA) is 141 Å². The molecule has 0 saturated carbocycles. The van der Waals surface area contributed by atoms with E-state index in [0.717, 1.165) is 8.28 Å². The molecule has 2 aromatic heterocycles. The molecule has 0 bridgehead atoms. The van der Waals surface area contributed by atoms with Crippen LogP contribution in [0, 0.1) is 0 Å². The molecule has 41 heavy (non-hydrogen) atoms. The second-order valence-corrected chi connectivity index (χ2v) is 10.9. The number of carbonyl (C=O) groups is 2. The fourth-order valence-electron chi connectivity index (χ4n) is 4.05. The van der Waals surface area contributed by atoms with E-state index >= 15 is 0 Å². The Bertz CT molecular complexity index is 1680. The summed E-state index contributed by atoms with van der Waals surface area (Å²) in [5.41, 5.74) is 0.778. The van der Waals surface area contributed by atoms with Crippen LogP contribution in [0.1, 0.15) is 21.7 Å². The number of ether oxygens (including phenoxy) is 3. The summed E-state index contributed by atoms with van der Waals surface area (Å²) >= 11 is 0. The Morgan fingerprint density at radius 3 is 2.27 bits per heavy atom. The number of nitrogens with one attached hydrogen (secondary N) is 2. The van der Waals surface area contributed by atoms with Crippen LogP contribution < -0.4 is 24.8 Å². The number of para-hydroxylation sites is 1. The highest BCUT2D eigenvalue weighted by Crippen LogP contribution is 2.38. The van der Waals surface area contributed by atoms with Gasteiger partial charge in [0.25, 0.3) is 11.8 Å². The van der Waals surface area contributed by atoms with Crippen molar-refractivity contribution in [3.63, 3.8) is 0 Å². The van der Waals surface area contributed by atoms with Crippen molar-refractivity contribution in [2.24, 2.45) is 0 Å². The molecule has 4 rings (SSSR count). The van der Waals surface area contributed by atoms with Gasteiger partial charge in [-0.25, -0.2) is 3.97 Å². The van der Waals surface area contributed by atoms with E-state index in [1.54, 1.807) is 36.4 Å². The number of fused-ring (bicyclic) bond motifs is 1. The molecule has 12 nitrogen and oxygen atoms in total. The summed E-state index contributed by atoms with van der Waals surface area (Å²) in [6, 6.07) is 13.1. The number of hydrogen-bond donors (Lipinski definition) is 2. The second-order valence-electron chi connectivity index (χ2n) is 8.88. The smallest absolute Gasteiger partial charge is 0.307 e. The van der Waals surface area contributed by atoms with Gasteiger partial charge in [-0.15, -0.1) is 0 Å². The molecular weight excluding hydrogens is 552 g/mol. The number of nitrogens with zero attached hydrogens (tertiary/aromatic N) is 2. The molecule has 0 aliphatic heterocycles. The Kier molecular flexibility index (Phi) is 8.69. The van der Waals surface area contributed by atoms with Crippen molar-refractivity contribution in [2.45, 2.75) is 6.54 Å². The quantitative estimate of drug-likeness (QED) is 0.257. The number of benzene rings is 2. The number of carbonyl (C=O) groups excluding carboxylic acids is 2. The zero-order chi connectivity index (χ0) is 29.7. The third kappa shape index (κ3) is 6.05. The Morgan fingerprint density at radius 1 is 1.00 bits per heavy atom. The van der Waals surface area contributed by atoms with Gasteiger partial charge in [-0.3, -0.25) is 9.59 Å². The number of aromatic nitrogens is 1. The average Bonchev–Trinajstić information content (AvgIpc) is 3.63. The third-order valence-corrected chi connectivity index (χ3v) is 7.86. The molecule has 13 heteroatoms. The molecule has 2 N–H and O–H groups in total. The summed E-state index contributed by atoms with van der Waals surface area (Å²) in [6.45, 7) is 0.0555. The molecular formula is C28H30N4O8S. The molecule has 0 radical (unpaired) electrons. The monoisotopic (exact) mass is 582 g/mol. The molecule has 0 aliphatic rings. The first-order valence-electron chi connectivity index (χ1n) is 12.3. The van der Waals surface area contributed by atoms with E-state index in [2.05, 4.69) is 10.6 Å². The van der Waals surface area contributed by atoms with Crippen molar-refractivity contribution in [1.29, 1.82) is 0 Å². The van der Waals surface area contributed by atoms with E-state index in [1.165, 1.54) is 66.1 Å². The maximum absolute atomic E-state index is 13.4. The van der Waals surface area contributed by atoms with Crippen molar-refractivity contribution in [2.75, 3.05) is 35.4 Å². The SMILES string of the molecule is COc1cc(C(=O)NC(=Cc2cn(S(=O)(=O)N(C)C)c3ccccc23)C(=O)NCc2ccco2)cc(OC)c1OC. The number of methoxy groups -OCH3 is 3. The number of rotatable bonds is 11. The van der Waals surface area contributed by atoms with Crippen LogP contribution in [0.25, 0.3) is 17.0 Å². The van der Waals surface area contributed by atoms with Crippen LogP contribution in [0.15, 0.2) is 71.1 Å². The summed E-state index contributed by atoms with van der Waals surface area (Å²) in [7, 11) is 3.24. The van der Waals surface area contributed by atoms with Crippen LogP contribution in [0.2, 0.25) is 0 Å². The van der Waals surface area contributed by atoms with Gasteiger partial charge in [0.2, 0.25) is 5.75 Å². The minimum Gasteiger partial charge on any atom is -0.493 e. The van der Waals surface area contributed by atoms with Gasteiger partial charge in [-0.1, -0.05) is 18.2 Å². The number of amides is 2. The van der Waals surface area contributed by atoms with Crippen LogP contribution in [0.4, 0.5) is 0 Å². The first kappa shape index (κ1) is 29.2. The van der Waals surface area contributed by atoms with Gasteiger partial charge in [-0.2, -0.15) is 12.7 Å². The summed E-state index contributed by atoms with van der Waals surface area (Å²) in [5, 5.41) is 5.91. The fourth-order valence-corrected chi connectivity index (χ4v) is 5.06. The summed E-state index contributed by atoms with van der Waals surface area (Å²) in [6.07, 6.45) is 4.29. The first-order valence-corrected chi connectivity index (χ1v) is 13.7. The predicted molar refractivity (Wildman–Crippen MR) is 152 cm³/mol. The standard InChI is InChI=1S/C28H30N4O8S/c1-31(2)41(35,36)32-17-19(21-10-6-7-11-23(21)32)13-22(28(34)29-16-20-9-8-12-40-20)30-27(33)18-14-24(37-3)26(39-5)25(15-18)38-4/h6-15,17H,16H2,1-5H3,(H,29,34)(H,30,33).